The fraction of sp³-hybridized carbons (Fsp3) is 0.240. The van der Waals surface area contributed by atoms with Crippen LogP contribution in [0.3, 0.4) is 0 Å². The average Bonchev–Trinajstić information content (AvgIpc) is 2.83. The van der Waals surface area contributed by atoms with Crippen LogP contribution in [0.15, 0.2) is 54.7 Å². The Morgan fingerprint density at radius 2 is 1.76 bits per heavy atom. The molecule has 4 aromatic rings. The SMILES string of the molecule is CCOc1nc(NCc2ccc(F)cc2)nc2ncc(-c3ccc(C(=O)OC(C)C)cc3)nc12. The zero-order valence-corrected chi connectivity index (χ0v) is 19.1. The van der Waals surface area contributed by atoms with Crippen LogP contribution in [-0.4, -0.2) is 38.6 Å². The van der Waals surface area contributed by atoms with Gasteiger partial charge in [0, 0.05) is 12.1 Å². The molecule has 0 fully saturated rings. The van der Waals surface area contributed by atoms with E-state index >= 15 is 0 Å². The molecule has 0 aliphatic carbocycles. The van der Waals surface area contributed by atoms with Crippen molar-refractivity contribution in [3.63, 3.8) is 0 Å². The molecule has 0 spiro atoms. The highest BCUT2D eigenvalue weighted by atomic mass is 19.1. The quantitative estimate of drug-likeness (QED) is 0.374. The first-order valence-corrected chi connectivity index (χ1v) is 10.9. The Hall–Kier alpha value is -4.14. The molecule has 174 valence electrons. The topological polar surface area (TPSA) is 99.1 Å². The van der Waals surface area contributed by atoms with Crippen molar-refractivity contribution >= 4 is 23.1 Å². The second-order valence-corrected chi connectivity index (χ2v) is 7.72. The summed E-state index contributed by atoms with van der Waals surface area (Å²) >= 11 is 0. The van der Waals surface area contributed by atoms with Crippen molar-refractivity contribution < 1.29 is 18.7 Å². The van der Waals surface area contributed by atoms with Crippen molar-refractivity contribution in [2.75, 3.05) is 11.9 Å². The first-order valence-electron chi connectivity index (χ1n) is 10.9. The number of hydrogen-bond donors (Lipinski definition) is 1. The molecule has 0 aliphatic rings. The number of ether oxygens (including phenoxy) is 2. The van der Waals surface area contributed by atoms with Crippen LogP contribution >= 0.6 is 0 Å². The van der Waals surface area contributed by atoms with Gasteiger partial charge in [-0.15, -0.1) is 0 Å². The summed E-state index contributed by atoms with van der Waals surface area (Å²) in [5.74, 6) is -0.0321. The predicted octanol–water partition coefficient (Wildman–Crippen LogP) is 4.80. The molecule has 0 amide bonds. The molecule has 0 radical (unpaired) electrons. The number of carbonyl (C=O) groups is 1. The van der Waals surface area contributed by atoms with E-state index in [9.17, 15) is 9.18 Å². The first kappa shape index (κ1) is 23.0. The van der Waals surface area contributed by atoms with Crippen LogP contribution in [0.2, 0.25) is 0 Å². The molecule has 2 heterocycles. The molecule has 0 aliphatic heterocycles. The van der Waals surface area contributed by atoms with Crippen molar-refractivity contribution in [3.05, 3.63) is 71.7 Å². The second-order valence-electron chi connectivity index (χ2n) is 7.72. The third-order valence-corrected chi connectivity index (χ3v) is 4.78. The summed E-state index contributed by atoms with van der Waals surface area (Å²) in [5.41, 5.74) is 3.51. The Bertz CT molecular complexity index is 1290. The minimum Gasteiger partial charge on any atom is -0.476 e. The summed E-state index contributed by atoms with van der Waals surface area (Å²) in [4.78, 5) is 30.1. The van der Waals surface area contributed by atoms with Crippen molar-refractivity contribution in [2.45, 2.75) is 33.4 Å². The normalized spacial score (nSPS) is 11.0. The summed E-state index contributed by atoms with van der Waals surface area (Å²) in [6, 6.07) is 13.1. The number of nitrogens with zero attached hydrogens (tertiary/aromatic N) is 4. The van der Waals surface area contributed by atoms with Crippen molar-refractivity contribution in [3.8, 4) is 17.1 Å². The van der Waals surface area contributed by atoms with Gasteiger partial charge in [0.1, 0.15) is 5.82 Å². The molecule has 0 atom stereocenters. The van der Waals surface area contributed by atoms with E-state index in [4.69, 9.17) is 9.47 Å². The third-order valence-electron chi connectivity index (χ3n) is 4.78. The van der Waals surface area contributed by atoms with Crippen LogP contribution in [-0.2, 0) is 11.3 Å². The van der Waals surface area contributed by atoms with Gasteiger partial charge in [-0.2, -0.15) is 9.97 Å². The van der Waals surface area contributed by atoms with Gasteiger partial charge in [0.25, 0.3) is 0 Å². The highest BCUT2D eigenvalue weighted by Gasteiger charge is 2.14. The van der Waals surface area contributed by atoms with Crippen LogP contribution in [0, 0.1) is 5.82 Å². The van der Waals surface area contributed by atoms with E-state index in [1.165, 1.54) is 12.1 Å². The molecule has 0 saturated heterocycles. The molecular formula is C25H24FN5O3. The van der Waals surface area contributed by atoms with Gasteiger partial charge >= 0.3 is 5.97 Å². The summed E-state index contributed by atoms with van der Waals surface area (Å²) < 4.78 is 24.0. The van der Waals surface area contributed by atoms with Gasteiger partial charge in [-0.1, -0.05) is 24.3 Å². The lowest BCUT2D eigenvalue weighted by Crippen LogP contribution is -2.11. The highest BCUT2D eigenvalue weighted by Crippen LogP contribution is 2.25. The number of carbonyl (C=O) groups excluding carboxylic acids is 1. The molecule has 0 unspecified atom stereocenters. The number of benzene rings is 2. The van der Waals surface area contributed by atoms with Crippen molar-refractivity contribution in [1.29, 1.82) is 0 Å². The Morgan fingerprint density at radius 3 is 2.44 bits per heavy atom. The second kappa shape index (κ2) is 10.2. The lowest BCUT2D eigenvalue weighted by atomic mass is 10.1. The molecule has 9 heteroatoms. The molecule has 2 aromatic heterocycles. The van der Waals surface area contributed by atoms with E-state index in [-0.39, 0.29) is 17.9 Å². The van der Waals surface area contributed by atoms with Crippen LogP contribution in [0.4, 0.5) is 10.3 Å². The standard InChI is InChI=1S/C25H24FN5O3/c1-4-33-23-21-22(30-25(31-23)28-13-16-5-11-19(26)12-6-16)27-14-20(29-21)17-7-9-18(10-8-17)24(32)34-15(2)3/h5-12,14-15H,4,13H2,1-3H3,(H,27,28,30,31). The summed E-state index contributed by atoms with van der Waals surface area (Å²) in [7, 11) is 0. The molecule has 2 aromatic carbocycles. The highest BCUT2D eigenvalue weighted by molar-refractivity contribution is 5.90. The molecule has 0 bridgehead atoms. The van der Waals surface area contributed by atoms with Gasteiger partial charge in [-0.05, 0) is 50.6 Å². The smallest absolute Gasteiger partial charge is 0.338 e. The maximum Gasteiger partial charge on any atom is 0.338 e. The van der Waals surface area contributed by atoms with E-state index in [1.54, 1.807) is 56.4 Å². The fourth-order valence-electron chi connectivity index (χ4n) is 3.18. The molecule has 34 heavy (non-hydrogen) atoms. The van der Waals surface area contributed by atoms with E-state index in [1.807, 2.05) is 6.92 Å². The number of rotatable bonds is 8. The van der Waals surface area contributed by atoms with Gasteiger partial charge in [0.05, 0.1) is 30.2 Å². The third kappa shape index (κ3) is 5.43. The Balaban J connectivity index is 1.60. The zero-order chi connectivity index (χ0) is 24.1. The van der Waals surface area contributed by atoms with E-state index in [0.29, 0.717) is 47.4 Å². The zero-order valence-electron chi connectivity index (χ0n) is 19.1. The van der Waals surface area contributed by atoms with Crippen molar-refractivity contribution in [1.82, 2.24) is 19.9 Å². The van der Waals surface area contributed by atoms with Gasteiger partial charge in [-0.3, -0.25) is 0 Å². The minimum atomic E-state index is -0.376. The Morgan fingerprint density at radius 1 is 1.03 bits per heavy atom. The Kier molecular flexibility index (Phi) is 6.91. The van der Waals surface area contributed by atoms with Crippen LogP contribution in [0.25, 0.3) is 22.4 Å². The fourth-order valence-corrected chi connectivity index (χ4v) is 3.18. The maximum absolute atomic E-state index is 13.1. The molecule has 0 saturated carbocycles. The molecule has 4 rings (SSSR count). The van der Waals surface area contributed by atoms with Crippen LogP contribution in [0.1, 0.15) is 36.7 Å². The molecule has 8 nitrogen and oxygen atoms in total. The number of halogens is 1. The van der Waals surface area contributed by atoms with E-state index < -0.39 is 0 Å². The molecular weight excluding hydrogens is 437 g/mol. The van der Waals surface area contributed by atoms with Crippen LogP contribution < -0.4 is 10.1 Å². The lowest BCUT2D eigenvalue weighted by Gasteiger charge is -2.11. The van der Waals surface area contributed by atoms with E-state index in [2.05, 4.69) is 25.3 Å². The van der Waals surface area contributed by atoms with Crippen molar-refractivity contribution in [2.24, 2.45) is 0 Å². The maximum atomic E-state index is 13.1. The number of hydrogen-bond acceptors (Lipinski definition) is 8. The summed E-state index contributed by atoms with van der Waals surface area (Å²) in [5, 5.41) is 3.11. The van der Waals surface area contributed by atoms with Gasteiger partial charge in [0.2, 0.25) is 11.8 Å². The van der Waals surface area contributed by atoms with E-state index in [0.717, 1.165) is 11.1 Å². The molecule has 1 N–H and O–H groups in total. The first-order chi connectivity index (χ1) is 16.4. The number of fused-ring (bicyclic) bond motifs is 1. The van der Waals surface area contributed by atoms with Crippen LogP contribution in [0.5, 0.6) is 5.88 Å². The predicted molar refractivity (Wildman–Crippen MR) is 126 cm³/mol. The summed E-state index contributed by atoms with van der Waals surface area (Å²) in [6.45, 7) is 6.26. The Labute approximate surface area is 196 Å². The lowest BCUT2D eigenvalue weighted by molar-refractivity contribution is 0.0378. The van der Waals surface area contributed by atoms with Gasteiger partial charge in [0.15, 0.2) is 11.2 Å². The average molecular weight is 461 g/mol. The monoisotopic (exact) mass is 461 g/mol. The largest absolute Gasteiger partial charge is 0.476 e. The number of aromatic nitrogens is 4. The van der Waals surface area contributed by atoms with Gasteiger partial charge in [-0.25, -0.2) is 19.2 Å². The summed E-state index contributed by atoms with van der Waals surface area (Å²) in [6.07, 6.45) is 1.42. The number of anilines is 1. The number of esters is 1. The van der Waals surface area contributed by atoms with Gasteiger partial charge < -0.3 is 14.8 Å². The minimum absolute atomic E-state index is 0.189. The number of nitrogens with one attached hydrogen (secondary N) is 1.